The molecule has 1 N–H and O–H groups in total. The number of hydrogen-bond acceptors (Lipinski definition) is 5. The van der Waals surface area contributed by atoms with E-state index in [4.69, 9.17) is 4.74 Å². The van der Waals surface area contributed by atoms with Crippen LogP contribution in [-0.2, 0) is 6.42 Å². The second kappa shape index (κ2) is 7.96. The van der Waals surface area contributed by atoms with E-state index in [1.165, 1.54) is 5.56 Å². The van der Waals surface area contributed by atoms with Crippen LogP contribution in [0.1, 0.15) is 34.7 Å². The molecule has 1 aromatic heterocycles. The Balaban J connectivity index is 1.60. The molecule has 0 saturated carbocycles. The Morgan fingerprint density at radius 1 is 1.20 bits per heavy atom. The lowest BCUT2D eigenvalue weighted by molar-refractivity contribution is 0.0786. The molecule has 0 bridgehead atoms. The van der Waals surface area contributed by atoms with Crippen molar-refractivity contribution in [3.8, 4) is 5.75 Å². The van der Waals surface area contributed by atoms with Gasteiger partial charge in [0.2, 0.25) is 0 Å². The minimum Gasteiger partial charge on any atom is -0.497 e. The molecule has 1 saturated heterocycles. The third kappa shape index (κ3) is 4.47. The van der Waals surface area contributed by atoms with Crippen LogP contribution in [0.25, 0.3) is 0 Å². The zero-order valence-corrected chi connectivity index (χ0v) is 14.8. The summed E-state index contributed by atoms with van der Waals surface area (Å²) in [6, 6.07) is 9.76. The zero-order chi connectivity index (χ0) is 17.6. The summed E-state index contributed by atoms with van der Waals surface area (Å²) in [6.07, 6.45) is 3.01. The van der Waals surface area contributed by atoms with Crippen molar-refractivity contribution in [2.45, 2.75) is 26.2 Å². The van der Waals surface area contributed by atoms with Gasteiger partial charge in [0.1, 0.15) is 23.1 Å². The Kier molecular flexibility index (Phi) is 5.48. The first-order valence-electron chi connectivity index (χ1n) is 8.67. The number of carbonyl (C=O) groups excluding carboxylic acids is 1. The van der Waals surface area contributed by atoms with E-state index in [-0.39, 0.29) is 5.91 Å². The highest BCUT2D eigenvalue weighted by Crippen LogP contribution is 2.15. The van der Waals surface area contributed by atoms with Crippen molar-refractivity contribution in [3.63, 3.8) is 0 Å². The molecule has 1 aliphatic heterocycles. The van der Waals surface area contributed by atoms with Gasteiger partial charge in [-0.25, -0.2) is 9.97 Å². The Hall–Kier alpha value is -2.63. The van der Waals surface area contributed by atoms with Gasteiger partial charge in [0, 0.05) is 25.7 Å². The smallest absolute Gasteiger partial charge is 0.272 e. The van der Waals surface area contributed by atoms with Crippen LogP contribution in [0.2, 0.25) is 0 Å². The number of amides is 1. The van der Waals surface area contributed by atoms with E-state index >= 15 is 0 Å². The number of likely N-dealkylation sites (tertiary alicyclic amines) is 1. The maximum absolute atomic E-state index is 12.5. The molecule has 1 aromatic carbocycles. The van der Waals surface area contributed by atoms with Crippen molar-refractivity contribution >= 4 is 11.7 Å². The average Bonchev–Trinajstić information content (AvgIpc) is 3.16. The molecule has 0 spiro atoms. The summed E-state index contributed by atoms with van der Waals surface area (Å²) in [5, 5.41) is 3.30. The summed E-state index contributed by atoms with van der Waals surface area (Å²) >= 11 is 0. The maximum Gasteiger partial charge on any atom is 0.272 e. The van der Waals surface area contributed by atoms with E-state index in [1.807, 2.05) is 36.1 Å². The van der Waals surface area contributed by atoms with Gasteiger partial charge in [-0.15, -0.1) is 0 Å². The second-order valence-corrected chi connectivity index (χ2v) is 6.21. The number of anilines is 1. The number of aromatic nitrogens is 2. The van der Waals surface area contributed by atoms with Gasteiger partial charge in [-0.1, -0.05) is 12.1 Å². The normalized spacial score (nSPS) is 13.8. The summed E-state index contributed by atoms with van der Waals surface area (Å²) in [4.78, 5) is 23.1. The molecule has 1 amide bonds. The van der Waals surface area contributed by atoms with Crippen LogP contribution in [0.4, 0.5) is 5.82 Å². The average molecular weight is 340 g/mol. The van der Waals surface area contributed by atoms with Gasteiger partial charge in [0.25, 0.3) is 5.91 Å². The van der Waals surface area contributed by atoms with Crippen molar-refractivity contribution in [2.75, 3.05) is 32.1 Å². The van der Waals surface area contributed by atoms with E-state index in [0.717, 1.165) is 44.6 Å². The minimum absolute atomic E-state index is 0.00112. The molecule has 25 heavy (non-hydrogen) atoms. The molecule has 1 aliphatic rings. The molecule has 6 nitrogen and oxygen atoms in total. The molecule has 0 unspecified atom stereocenters. The van der Waals surface area contributed by atoms with Crippen LogP contribution in [0.3, 0.4) is 0 Å². The molecule has 2 aromatic rings. The quantitative estimate of drug-likeness (QED) is 0.876. The van der Waals surface area contributed by atoms with Crippen molar-refractivity contribution in [3.05, 3.63) is 47.4 Å². The number of benzene rings is 1. The molecule has 1 fully saturated rings. The summed E-state index contributed by atoms with van der Waals surface area (Å²) < 4.78 is 5.17. The predicted octanol–water partition coefficient (Wildman–Crippen LogP) is 2.68. The number of aryl methyl sites for hydroxylation is 1. The van der Waals surface area contributed by atoms with Gasteiger partial charge >= 0.3 is 0 Å². The lowest BCUT2D eigenvalue weighted by Crippen LogP contribution is -2.28. The predicted molar refractivity (Wildman–Crippen MR) is 97.1 cm³/mol. The van der Waals surface area contributed by atoms with Gasteiger partial charge in [-0.2, -0.15) is 0 Å². The van der Waals surface area contributed by atoms with Gasteiger partial charge in [-0.3, -0.25) is 4.79 Å². The van der Waals surface area contributed by atoms with Crippen molar-refractivity contribution in [2.24, 2.45) is 0 Å². The van der Waals surface area contributed by atoms with E-state index < -0.39 is 0 Å². The molecule has 6 heteroatoms. The second-order valence-electron chi connectivity index (χ2n) is 6.21. The summed E-state index contributed by atoms with van der Waals surface area (Å²) in [7, 11) is 1.66. The molecular weight excluding hydrogens is 316 g/mol. The largest absolute Gasteiger partial charge is 0.497 e. The van der Waals surface area contributed by atoms with Crippen LogP contribution >= 0.6 is 0 Å². The Bertz CT molecular complexity index is 725. The number of nitrogens with zero attached hydrogens (tertiary/aromatic N) is 3. The number of nitrogens with one attached hydrogen (secondary N) is 1. The molecule has 0 radical (unpaired) electrons. The first kappa shape index (κ1) is 17.2. The fourth-order valence-electron chi connectivity index (χ4n) is 2.98. The number of hydrogen-bond donors (Lipinski definition) is 1. The van der Waals surface area contributed by atoms with Crippen LogP contribution in [0.15, 0.2) is 30.3 Å². The lowest BCUT2D eigenvalue weighted by Gasteiger charge is -2.15. The topological polar surface area (TPSA) is 67.3 Å². The van der Waals surface area contributed by atoms with Crippen LogP contribution in [0.5, 0.6) is 5.75 Å². The first-order chi connectivity index (χ1) is 12.2. The fourth-order valence-corrected chi connectivity index (χ4v) is 2.98. The number of carbonyl (C=O) groups is 1. The van der Waals surface area contributed by atoms with Gasteiger partial charge < -0.3 is 15.0 Å². The van der Waals surface area contributed by atoms with E-state index in [0.29, 0.717) is 17.3 Å². The van der Waals surface area contributed by atoms with Crippen LogP contribution < -0.4 is 10.1 Å². The molecule has 3 rings (SSSR count). The zero-order valence-electron chi connectivity index (χ0n) is 14.8. The number of methoxy groups -OCH3 is 1. The highest BCUT2D eigenvalue weighted by molar-refractivity contribution is 5.93. The van der Waals surface area contributed by atoms with Gasteiger partial charge in [0.05, 0.1) is 7.11 Å². The maximum atomic E-state index is 12.5. The molecule has 132 valence electrons. The molecule has 2 heterocycles. The summed E-state index contributed by atoms with van der Waals surface area (Å²) in [5.41, 5.74) is 1.69. The van der Waals surface area contributed by atoms with E-state index in [1.54, 1.807) is 13.2 Å². The van der Waals surface area contributed by atoms with Gasteiger partial charge in [-0.05, 0) is 43.9 Å². The SMILES string of the molecule is COc1ccc(CCNc2cc(C(=O)N3CCCC3)nc(C)n2)cc1. The highest BCUT2D eigenvalue weighted by atomic mass is 16.5. The third-order valence-corrected chi connectivity index (χ3v) is 4.33. The van der Waals surface area contributed by atoms with E-state index in [2.05, 4.69) is 15.3 Å². The van der Waals surface area contributed by atoms with Gasteiger partial charge in [0.15, 0.2) is 0 Å². The first-order valence-corrected chi connectivity index (χ1v) is 8.67. The minimum atomic E-state index is 0.00112. The van der Waals surface area contributed by atoms with Crippen LogP contribution in [-0.4, -0.2) is 47.5 Å². The Morgan fingerprint density at radius 2 is 1.92 bits per heavy atom. The van der Waals surface area contributed by atoms with Crippen LogP contribution in [0, 0.1) is 6.92 Å². The fraction of sp³-hybridized carbons (Fsp3) is 0.421. The Morgan fingerprint density at radius 3 is 2.60 bits per heavy atom. The van der Waals surface area contributed by atoms with Crippen molar-refractivity contribution in [1.29, 1.82) is 0 Å². The third-order valence-electron chi connectivity index (χ3n) is 4.33. The molecule has 0 atom stereocenters. The Labute approximate surface area is 148 Å². The highest BCUT2D eigenvalue weighted by Gasteiger charge is 2.21. The monoisotopic (exact) mass is 340 g/mol. The lowest BCUT2D eigenvalue weighted by atomic mass is 10.1. The van der Waals surface area contributed by atoms with Crippen molar-refractivity contribution in [1.82, 2.24) is 14.9 Å². The summed E-state index contributed by atoms with van der Waals surface area (Å²) in [5.74, 6) is 2.16. The van der Waals surface area contributed by atoms with Crippen molar-refractivity contribution < 1.29 is 9.53 Å². The summed E-state index contributed by atoms with van der Waals surface area (Å²) in [6.45, 7) is 4.19. The molecule has 0 aliphatic carbocycles. The van der Waals surface area contributed by atoms with E-state index in [9.17, 15) is 4.79 Å². The standard InChI is InChI=1S/C19H24N4O2/c1-14-21-17(19(24)23-11-3-4-12-23)13-18(22-14)20-10-9-15-5-7-16(25-2)8-6-15/h5-8,13H,3-4,9-12H2,1-2H3,(H,20,21,22). The number of rotatable bonds is 6. The molecular formula is C19H24N4O2. The number of ether oxygens (including phenoxy) is 1.